The van der Waals surface area contributed by atoms with Gasteiger partial charge in [-0.1, -0.05) is 13.8 Å². The molecule has 1 amide bonds. The third kappa shape index (κ3) is 4.60. The minimum atomic E-state index is -3.53. The first-order valence-electron chi connectivity index (χ1n) is 10.2. The number of fused-ring (bicyclic) bond motifs is 1. The summed E-state index contributed by atoms with van der Waals surface area (Å²) in [5.74, 6) is 1.13. The SMILES string of the molecule is CCN(CC)S(=O)(=O)c1ccc2c(c1)CCN2C(=O)/C=C/c1cc(OC)ccc1OC. The summed E-state index contributed by atoms with van der Waals surface area (Å²) in [6.45, 7) is 4.97. The molecule has 0 N–H and O–H groups in total. The van der Waals surface area contributed by atoms with Crippen molar-refractivity contribution in [3.05, 3.63) is 53.6 Å². The van der Waals surface area contributed by atoms with E-state index in [9.17, 15) is 13.2 Å². The van der Waals surface area contributed by atoms with Gasteiger partial charge in [-0.3, -0.25) is 4.79 Å². The summed E-state index contributed by atoms with van der Waals surface area (Å²) in [7, 11) is -0.380. The normalized spacial score (nSPS) is 13.6. The molecule has 2 aromatic rings. The van der Waals surface area contributed by atoms with Crippen LogP contribution in [0.3, 0.4) is 0 Å². The molecule has 0 saturated carbocycles. The lowest BCUT2D eigenvalue weighted by atomic mass is 10.1. The zero-order valence-electron chi connectivity index (χ0n) is 18.3. The molecule has 0 fully saturated rings. The van der Waals surface area contributed by atoms with Crippen molar-refractivity contribution in [1.82, 2.24) is 4.31 Å². The quantitative estimate of drug-likeness (QED) is 0.584. The maximum Gasteiger partial charge on any atom is 0.251 e. The van der Waals surface area contributed by atoms with Crippen molar-refractivity contribution in [2.24, 2.45) is 0 Å². The summed E-state index contributed by atoms with van der Waals surface area (Å²) in [4.78, 5) is 14.8. The Morgan fingerprint density at radius 1 is 1.10 bits per heavy atom. The number of ether oxygens (including phenoxy) is 2. The highest BCUT2D eigenvalue weighted by molar-refractivity contribution is 7.89. The van der Waals surface area contributed by atoms with Crippen molar-refractivity contribution in [1.29, 1.82) is 0 Å². The van der Waals surface area contributed by atoms with Gasteiger partial charge in [-0.2, -0.15) is 4.31 Å². The Balaban J connectivity index is 1.84. The average Bonchev–Trinajstić information content (AvgIpc) is 3.21. The number of anilines is 1. The Hall–Kier alpha value is -2.84. The van der Waals surface area contributed by atoms with Crippen molar-refractivity contribution in [3.63, 3.8) is 0 Å². The second-order valence-electron chi connectivity index (χ2n) is 7.06. The van der Waals surface area contributed by atoms with Gasteiger partial charge in [-0.05, 0) is 54.5 Å². The van der Waals surface area contributed by atoms with E-state index < -0.39 is 10.0 Å². The number of methoxy groups -OCH3 is 2. The number of amides is 1. The number of benzene rings is 2. The van der Waals surface area contributed by atoms with Crippen molar-refractivity contribution >= 4 is 27.7 Å². The molecule has 0 radical (unpaired) electrons. The predicted molar refractivity (Wildman–Crippen MR) is 121 cm³/mol. The van der Waals surface area contributed by atoms with Gasteiger partial charge in [0.25, 0.3) is 5.91 Å². The number of sulfonamides is 1. The van der Waals surface area contributed by atoms with Crippen LogP contribution in [-0.4, -0.2) is 52.5 Å². The first-order chi connectivity index (χ1) is 14.8. The molecule has 1 aliphatic rings. The molecule has 8 heteroatoms. The van der Waals surface area contributed by atoms with E-state index in [1.54, 1.807) is 61.6 Å². The molecular formula is C23H28N2O5S. The standard InChI is InChI=1S/C23H28N2O5S/c1-5-24(6-2)31(27,28)20-9-10-21-17(16-20)13-14-25(21)23(26)12-7-18-15-19(29-3)8-11-22(18)30-4/h7-12,15-16H,5-6,13-14H2,1-4H3/b12-7+. The van der Waals surface area contributed by atoms with Crippen LogP contribution in [0.15, 0.2) is 47.4 Å². The Morgan fingerprint density at radius 2 is 1.84 bits per heavy atom. The zero-order chi connectivity index (χ0) is 22.6. The van der Waals surface area contributed by atoms with Crippen molar-refractivity contribution in [2.75, 3.05) is 38.8 Å². The molecule has 1 aliphatic heterocycles. The van der Waals surface area contributed by atoms with Crippen molar-refractivity contribution < 1.29 is 22.7 Å². The minimum absolute atomic E-state index is 0.178. The molecule has 0 saturated heterocycles. The van der Waals surface area contributed by atoms with Crippen LogP contribution in [0, 0.1) is 0 Å². The van der Waals surface area contributed by atoms with Crippen LogP contribution in [-0.2, 0) is 21.2 Å². The summed E-state index contributed by atoms with van der Waals surface area (Å²) in [5.41, 5.74) is 2.33. The molecule has 0 aliphatic carbocycles. The summed E-state index contributed by atoms with van der Waals surface area (Å²) in [6, 6.07) is 10.4. The van der Waals surface area contributed by atoms with E-state index in [2.05, 4.69) is 0 Å². The van der Waals surface area contributed by atoms with Crippen LogP contribution in [0.4, 0.5) is 5.69 Å². The number of hydrogen-bond donors (Lipinski definition) is 0. The molecule has 0 atom stereocenters. The van der Waals surface area contributed by atoms with Gasteiger partial charge in [-0.25, -0.2) is 8.42 Å². The topological polar surface area (TPSA) is 76.2 Å². The second-order valence-corrected chi connectivity index (χ2v) is 9.00. The fraction of sp³-hybridized carbons (Fsp3) is 0.348. The first kappa shape index (κ1) is 22.8. The molecule has 0 bridgehead atoms. The van der Waals surface area contributed by atoms with Crippen LogP contribution in [0.2, 0.25) is 0 Å². The van der Waals surface area contributed by atoms with Crippen molar-refractivity contribution in [3.8, 4) is 11.5 Å². The van der Waals surface area contributed by atoms with E-state index >= 15 is 0 Å². The summed E-state index contributed by atoms with van der Waals surface area (Å²) in [5, 5.41) is 0. The average molecular weight is 445 g/mol. The highest BCUT2D eigenvalue weighted by Crippen LogP contribution is 2.32. The monoisotopic (exact) mass is 444 g/mol. The Bertz CT molecular complexity index is 1090. The number of nitrogens with zero attached hydrogens (tertiary/aromatic N) is 2. The largest absolute Gasteiger partial charge is 0.497 e. The molecule has 0 aromatic heterocycles. The van der Waals surface area contributed by atoms with E-state index in [0.29, 0.717) is 37.6 Å². The lowest BCUT2D eigenvalue weighted by molar-refractivity contribution is -0.114. The molecule has 31 heavy (non-hydrogen) atoms. The molecule has 166 valence electrons. The maximum absolute atomic E-state index is 12.9. The summed E-state index contributed by atoms with van der Waals surface area (Å²) in [6.07, 6.45) is 3.80. The highest BCUT2D eigenvalue weighted by Gasteiger charge is 2.27. The molecule has 3 rings (SSSR count). The van der Waals surface area contributed by atoms with Gasteiger partial charge in [0.15, 0.2) is 0 Å². The summed E-state index contributed by atoms with van der Waals surface area (Å²) < 4.78 is 37.6. The van der Waals surface area contributed by atoms with Crippen LogP contribution in [0.25, 0.3) is 6.08 Å². The van der Waals surface area contributed by atoms with Gasteiger partial charge in [-0.15, -0.1) is 0 Å². The fourth-order valence-corrected chi connectivity index (χ4v) is 5.21. The van der Waals surface area contributed by atoms with Gasteiger partial charge in [0.1, 0.15) is 11.5 Å². The number of carbonyl (C=O) groups is 1. The zero-order valence-corrected chi connectivity index (χ0v) is 19.1. The van der Waals surface area contributed by atoms with Gasteiger partial charge in [0.2, 0.25) is 10.0 Å². The fourth-order valence-electron chi connectivity index (χ4n) is 3.70. The van der Waals surface area contributed by atoms with Crippen LogP contribution < -0.4 is 14.4 Å². The van der Waals surface area contributed by atoms with Crippen molar-refractivity contribution in [2.45, 2.75) is 25.2 Å². The van der Waals surface area contributed by atoms with Crippen LogP contribution >= 0.6 is 0 Å². The second kappa shape index (κ2) is 9.53. The van der Waals surface area contributed by atoms with Gasteiger partial charge in [0, 0.05) is 37.0 Å². The third-order valence-electron chi connectivity index (χ3n) is 5.40. The van der Waals surface area contributed by atoms with E-state index in [0.717, 1.165) is 16.8 Å². The summed E-state index contributed by atoms with van der Waals surface area (Å²) >= 11 is 0. The molecular weight excluding hydrogens is 416 g/mol. The molecule has 7 nitrogen and oxygen atoms in total. The molecule has 0 spiro atoms. The Labute approximate surface area is 183 Å². The number of carbonyl (C=O) groups excluding carboxylic acids is 1. The molecule has 0 unspecified atom stereocenters. The van der Waals surface area contributed by atoms with E-state index in [4.69, 9.17) is 9.47 Å². The third-order valence-corrected chi connectivity index (χ3v) is 7.44. The van der Waals surface area contributed by atoms with Crippen LogP contribution in [0.5, 0.6) is 11.5 Å². The Kier molecular flexibility index (Phi) is 7.02. The van der Waals surface area contributed by atoms with Gasteiger partial charge < -0.3 is 14.4 Å². The highest BCUT2D eigenvalue weighted by atomic mass is 32.2. The number of hydrogen-bond acceptors (Lipinski definition) is 5. The molecule has 2 aromatic carbocycles. The lowest BCUT2D eigenvalue weighted by Crippen LogP contribution is -2.30. The van der Waals surface area contributed by atoms with E-state index in [1.807, 2.05) is 13.8 Å². The first-order valence-corrected chi connectivity index (χ1v) is 11.6. The van der Waals surface area contributed by atoms with Gasteiger partial charge >= 0.3 is 0 Å². The smallest absolute Gasteiger partial charge is 0.251 e. The van der Waals surface area contributed by atoms with E-state index in [1.165, 1.54) is 10.4 Å². The number of rotatable bonds is 8. The van der Waals surface area contributed by atoms with E-state index in [-0.39, 0.29) is 10.8 Å². The molecule has 1 heterocycles. The van der Waals surface area contributed by atoms with Gasteiger partial charge in [0.05, 0.1) is 19.1 Å². The maximum atomic E-state index is 12.9. The Morgan fingerprint density at radius 3 is 2.48 bits per heavy atom. The predicted octanol–water partition coefficient (Wildman–Crippen LogP) is 3.34. The minimum Gasteiger partial charge on any atom is -0.497 e. The lowest BCUT2D eigenvalue weighted by Gasteiger charge is -2.19. The van der Waals surface area contributed by atoms with Crippen LogP contribution in [0.1, 0.15) is 25.0 Å².